The van der Waals surface area contributed by atoms with Gasteiger partial charge in [-0.25, -0.2) is 4.98 Å². The number of hydrogen-bond acceptors (Lipinski definition) is 3. The first-order chi connectivity index (χ1) is 6.95. The van der Waals surface area contributed by atoms with Gasteiger partial charge in [0.25, 0.3) is 0 Å². The summed E-state index contributed by atoms with van der Waals surface area (Å²) in [6, 6.07) is 4.49. The van der Waals surface area contributed by atoms with Crippen molar-refractivity contribution in [3.05, 3.63) is 30.1 Å². The molecule has 1 atom stereocenters. The van der Waals surface area contributed by atoms with Crippen molar-refractivity contribution < 1.29 is 0 Å². The highest BCUT2D eigenvalue weighted by Crippen LogP contribution is 2.25. The molecular formula is C10H12N4. The Balaban J connectivity index is 2.11. The van der Waals surface area contributed by atoms with Crippen molar-refractivity contribution in [3.8, 4) is 0 Å². The first kappa shape index (κ1) is 7.96. The summed E-state index contributed by atoms with van der Waals surface area (Å²) >= 11 is 0. The molecule has 0 saturated carbocycles. The highest BCUT2D eigenvalue weighted by atomic mass is 15.4. The van der Waals surface area contributed by atoms with Crippen molar-refractivity contribution in [1.82, 2.24) is 20.8 Å². The number of aromatic amines is 1. The maximum Gasteiger partial charge on any atom is 0.137 e. The first-order valence-electron chi connectivity index (χ1n) is 4.85. The Morgan fingerprint density at radius 1 is 1.43 bits per heavy atom. The Morgan fingerprint density at radius 2 is 2.43 bits per heavy atom. The predicted molar refractivity (Wildman–Crippen MR) is 54.6 cm³/mol. The van der Waals surface area contributed by atoms with Gasteiger partial charge in [-0.1, -0.05) is 0 Å². The number of rotatable bonds is 1. The Labute approximate surface area is 81.7 Å². The van der Waals surface area contributed by atoms with E-state index in [4.69, 9.17) is 0 Å². The molecule has 0 amide bonds. The summed E-state index contributed by atoms with van der Waals surface area (Å²) in [6.45, 7) is 1.03. The lowest BCUT2D eigenvalue weighted by molar-refractivity contribution is 0.584. The molecule has 2 aromatic rings. The molecule has 1 fully saturated rings. The lowest BCUT2D eigenvalue weighted by Crippen LogP contribution is -2.24. The smallest absolute Gasteiger partial charge is 0.137 e. The Hall–Kier alpha value is -1.39. The van der Waals surface area contributed by atoms with Crippen LogP contribution in [0.2, 0.25) is 0 Å². The summed E-state index contributed by atoms with van der Waals surface area (Å²) in [6.07, 6.45) is 4.98. The van der Waals surface area contributed by atoms with Crippen molar-refractivity contribution in [2.75, 3.05) is 6.54 Å². The largest absolute Gasteiger partial charge is 0.346 e. The zero-order chi connectivity index (χ0) is 9.38. The van der Waals surface area contributed by atoms with E-state index >= 15 is 0 Å². The van der Waals surface area contributed by atoms with E-state index in [9.17, 15) is 0 Å². The van der Waals surface area contributed by atoms with E-state index in [1.165, 1.54) is 10.9 Å². The molecule has 2 aromatic heterocycles. The monoisotopic (exact) mass is 188 g/mol. The second-order valence-corrected chi connectivity index (χ2v) is 3.56. The maximum atomic E-state index is 4.27. The van der Waals surface area contributed by atoms with Crippen LogP contribution in [0.1, 0.15) is 18.0 Å². The minimum absolute atomic E-state index is 0.410. The van der Waals surface area contributed by atoms with E-state index in [0.717, 1.165) is 18.6 Å². The number of H-pyrrole nitrogens is 1. The summed E-state index contributed by atoms with van der Waals surface area (Å²) in [5, 5.41) is 1.22. The normalized spacial score (nSPS) is 21.9. The topological polar surface area (TPSA) is 52.7 Å². The maximum absolute atomic E-state index is 4.27. The Morgan fingerprint density at radius 3 is 3.29 bits per heavy atom. The third-order valence-electron chi connectivity index (χ3n) is 2.69. The molecule has 3 rings (SSSR count). The summed E-state index contributed by atoms with van der Waals surface area (Å²) in [7, 11) is 0. The molecule has 4 nitrogen and oxygen atoms in total. The molecule has 0 spiro atoms. The molecule has 1 aliphatic rings. The van der Waals surface area contributed by atoms with E-state index in [1.54, 1.807) is 0 Å². The molecule has 1 unspecified atom stereocenters. The molecule has 1 aliphatic heterocycles. The average molecular weight is 188 g/mol. The van der Waals surface area contributed by atoms with Gasteiger partial charge in [-0.2, -0.15) is 0 Å². The predicted octanol–water partition coefficient (Wildman–Crippen LogP) is 1.10. The third kappa shape index (κ3) is 1.12. The SMILES string of the molecule is c1cnc2[nH]cc(C3CCNN3)c2c1. The molecule has 3 heterocycles. The summed E-state index contributed by atoms with van der Waals surface area (Å²) in [5.41, 5.74) is 8.67. The highest BCUT2D eigenvalue weighted by Gasteiger charge is 2.19. The van der Waals surface area contributed by atoms with Gasteiger partial charge in [0.15, 0.2) is 0 Å². The fourth-order valence-electron chi connectivity index (χ4n) is 1.98. The van der Waals surface area contributed by atoms with E-state index in [2.05, 4.69) is 26.9 Å². The number of hydrazine groups is 1. The first-order valence-corrected chi connectivity index (χ1v) is 4.85. The average Bonchev–Trinajstić information content (AvgIpc) is 2.85. The second-order valence-electron chi connectivity index (χ2n) is 3.56. The van der Waals surface area contributed by atoms with Crippen molar-refractivity contribution >= 4 is 11.0 Å². The van der Waals surface area contributed by atoms with Gasteiger partial charge in [0, 0.05) is 30.4 Å². The quantitative estimate of drug-likeness (QED) is 0.628. The van der Waals surface area contributed by atoms with Crippen molar-refractivity contribution in [1.29, 1.82) is 0 Å². The van der Waals surface area contributed by atoms with Gasteiger partial charge < -0.3 is 4.98 Å². The fourth-order valence-corrected chi connectivity index (χ4v) is 1.98. The van der Waals surface area contributed by atoms with Crippen LogP contribution in [0.25, 0.3) is 11.0 Å². The number of hydrogen-bond donors (Lipinski definition) is 3. The van der Waals surface area contributed by atoms with Crippen molar-refractivity contribution in [2.24, 2.45) is 0 Å². The molecule has 0 aliphatic carbocycles. The molecule has 3 N–H and O–H groups in total. The Kier molecular flexibility index (Phi) is 1.75. The van der Waals surface area contributed by atoms with Crippen LogP contribution >= 0.6 is 0 Å². The lowest BCUT2D eigenvalue weighted by atomic mass is 10.1. The molecule has 0 radical (unpaired) electrons. The van der Waals surface area contributed by atoms with Gasteiger partial charge in [0.1, 0.15) is 5.65 Å². The summed E-state index contributed by atoms with van der Waals surface area (Å²) in [4.78, 5) is 7.46. The zero-order valence-electron chi connectivity index (χ0n) is 7.75. The van der Waals surface area contributed by atoms with Gasteiger partial charge in [-0.15, -0.1) is 0 Å². The number of pyridine rings is 1. The van der Waals surface area contributed by atoms with Gasteiger partial charge in [-0.3, -0.25) is 10.9 Å². The fraction of sp³-hybridized carbons (Fsp3) is 0.300. The van der Waals surface area contributed by atoms with Gasteiger partial charge in [0.05, 0.1) is 0 Å². The minimum atomic E-state index is 0.410. The molecule has 72 valence electrons. The number of fused-ring (bicyclic) bond motifs is 1. The van der Waals surface area contributed by atoms with Crippen LogP contribution in [-0.4, -0.2) is 16.5 Å². The van der Waals surface area contributed by atoms with E-state index in [-0.39, 0.29) is 0 Å². The van der Waals surface area contributed by atoms with E-state index in [0.29, 0.717) is 6.04 Å². The van der Waals surface area contributed by atoms with Crippen LogP contribution in [0.15, 0.2) is 24.5 Å². The number of nitrogens with one attached hydrogen (secondary N) is 3. The number of aromatic nitrogens is 2. The molecule has 4 heteroatoms. The molecule has 0 aromatic carbocycles. The second kappa shape index (κ2) is 3.08. The highest BCUT2D eigenvalue weighted by molar-refractivity contribution is 5.80. The van der Waals surface area contributed by atoms with Crippen molar-refractivity contribution in [3.63, 3.8) is 0 Å². The minimum Gasteiger partial charge on any atom is -0.346 e. The van der Waals surface area contributed by atoms with Gasteiger partial charge in [0.2, 0.25) is 0 Å². The summed E-state index contributed by atoms with van der Waals surface area (Å²) < 4.78 is 0. The van der Waals surface area contributed by atoms with Crippen LogP contribution in [0, 0.1) is 0 Å². The van der Waals surface area contributed by atoms with Crippen LogP contribution < -0.4 is 10.9 Å². The zero-order valence-corrected chi connectivity index (χ0v) is 7.75. The summed E-state index contributed by atoms with van der Waals surface area (Å²) in [5.74, 6) is 0. The standard InChI is InChI=1S/C10H12N4/c1-2-7-8(9-3-5-13-14-9)6-12-10(7)11-4-1/h1-2,4,6,9,13-14H,3,5H2,(H,11,12). The Bertz CT molecular complexity index is 442. The van der Waals surface area contributed by atoms with Crippen LogP contribution in [-0.2, 0) is 0 Å². The van der Waals surface area contributed by atoms with Crippen LogP contribution in [0.5, 0.6) is 0 Å². The van der Waals surface area contributed by atoms with Gasteiger partial charge >= 0.3 is 0 Å². The molecule has 14 heavy (non-hydrogen) atoms. The number of nitrogens with zero attached hydrogens (tertiary/aromatic N) is 1. The van der Waals surface area contributed by atoms with Gasteiger partial charge in [-0.05, 0) is 24.1 Å². The van der Waals surface area contributed by atoms with Crippen LogP contribution in [0.4, 0.5) is 0 Å². The van der Waals surface area contributed by atoms with E-state index < -0.39 is 0 Å². The third-order valence-corrected chi connectivity index (χ3v) is 2.69. The molecule has 0 bridgehead atoms. The molecular weight excluding hydrogens is 176 g/mol. The lowest BCUT2D eigenvalue weighted by Gasteiger charge is -2.06. The van der Waals surface area contributed by atoms with E-state index in [1.807, 2.05) is 18.5 Å². The van der Waals surface area contributed by atoms with Crippen LogP contribution in [0.3, 0.4) is 0 Å². The molecule has 1 saturated heterocycles. The van der Waals surface area contributed by atoms with Crippen molar-refractivity contribution in [2.45, 2.75) is 12.5 Å².